The Hall–Kier alpha value is -8.49. The van der Waals surface area contributed by atoms with Crippen molar-refractivity contribution in [3.05, 3.63) is 0 Å². The molecule has 0 aromatic rings. The van der Waals surface area contributed by atoms with Gasteiger partial charge in [-0.2, -0.15) is 0 Å². The topological polar surface area (TPSA) is 431 Å². The number of ether oxygens (including phenoxy) is 13. The number of carbonyl (C=O) groups excluding carboxylic acids is 13. The zero-order valence-electron chi connectivity index (χ0n) is 86.2. The Balaban J connectivity index is 0.000000145. The standard InChI is InChI=1S/C22H36N2O6.C22H35NO4.C21H33NO4.C20H32N2O6.C18H28N2O6/c1-8-19(2,3)16(25)28-20-9-15-10-21(12-20,29-17(26)23(4)5)14-22(11-15,13-20)30-18(27)24(6)7;1-4-20(2,3)18(24)26-21-11-16-10-17(12-21)14-22(13-16,15-21)27-19(25)23-8-6-5-7-9-23;1-4-19(2,3)17(23)25-20-10-15-9-16(11-20)13-21(12-15,14-20)26-18(24)22-7-5-6-8-22;1-6-17(2,3)14(23)26-18-7-13-8-19(10-18,27-15(24)21-4)12-20(9-13,11-18)28-16(25)22-5;1-4-15(2,3)12(21)24-16-5-11-6-17(8-16,25-13(19)22)10-18(7-11,9-16)26-14(20)23/h15H,8-14H2,1-7H3;16-17H,4-15H2,1-3H3;15-16H,4-14H2,1-3H3;13H,6-12H2,1-5H3,(H,21,24)(H,22,25);11H,4-10H2,1-3H3,(H2,19,22)(H2,20,23). The lowest BCUT2D eigenvalue weighted by Crippen LogP contribution is -2.69. The summed E-state index contributed by atoms with van der Waals surface area (Å²) in [7, 11) is 9.60. The van der Waals surface area contributed by atoms with Gasteiger partial charge in [0.2, 0.25) is 0 Å². The van der Waals surface area contributed by atoms with Gasteiger partial charge in [-0.1, -0.05) is 34.6 Å². The van der Waals surface area contributed by atoms with E-state index in [0.717, 1.165) is 116 Å². The highest BCUT2D eigenvalue weighted by Crippen LogP contribution is 2.69. The molecule has 10 atom stereocenters. The Morgan fingerprint density at radius 2 is 0.453 bits per heavy atom. The van der Waals surface area contributed by atoms with Crippen LogP contribution in [0.5, 0.6) is 0 Å². The van der Waals surface area contributed by atoms with Crippen molar-refractivity contribution >= 4 is 78.6 Å². The smallest absolute Gasteiger partial charge is 0.410 e. The van der Waals surface area contributed by atoms with Crippen molar-refractivity contribution in [2.75, 3.05) is 68.5 Å². The summed E-state index contributed by atoms with van der Waals surface area (Å²) in [5.74, 6) is 1.46. The summed E-state index contributed by atoms with van der Waals surface area (Å²) >= 11 is 0. The van der Waals surface area contributed by atoms with Crippen LogP contribution in [0.4, 0.5) is 38.4 Å². The number of nitrogens with one attached hydrogen (secondary N) is 2. The second kappa shape index (κ2) is 38.4. The molecule has 34 nitrogen and oxygen atoms in total. The largest absolute Gasteiger partial charge is 0.458 e. The molecule has 20 bridgehead atoms. The molecular weight excluding hydrogens is 1770 g/mol. The first-order valence-electron chi connectivity index (χ1n) is 51.4. The molecule has 34 heteroatoms. The molecule has 2 aliphatic heterocycles. The average Bonchev–Trinajstić information content (AvgIpc) is 0.793. The first kappa shape index (κ1) is 106. The zero-order valence-corrected chi connectivity index (χ0v) is 86.2. The van der Waals surface area contributed by atoms with Crippen molar-refractivity contribution < 1.29 is 124 Å². The lowest BCUT2D eigenvalue weighted by molar-refractivity contribution is -0.265. The van der Waals surface area contributed by atoms with Crippen LogP contribution in [0, 0.1) is 68.5 Å². The van der Waals surface area contributed by atoms with Crippen molar-refractivity contribution in [3.8, 4) is 0 Å². The van der Waals surface area contributed by atoms with E-state index in [1.54, 1.807) is 28.2 Å². The first-order valence-corrected chi connectivity index (χ1v) is 51.4. The number of hydrogen-bond acceptors (Lipinski definition) is 26. The summed E-state index contributed by atoms with van der Waals surface area (Å²) in [6.07, 6.45) is 26.1. The summed E-state index contributed by atoms with van der Waals surface area (Å²) in [6.45, 7) is 32.1. The fourth-order valence-electron chi connectivity index (χ4n) is 28.6. The first-order chi connectivity index (χ1) is 63.7. The number of esters is 5. The molecule has 0 aromatic carbocycles. The maximum Gasteiger partial charge on any atom is 0.410 e. The minimum atomic E-state index is -0.892. The van der Waals surface area contributed by atoms with Gasteiger partial charge < -0.3 is 103 Å². The second-order valence-electron chi connectivity index (χ2n) is 49.6. The third kappa shape index (κ3) is 23.0. The number of nitrogens with two attached hydrogens (primary N) is 2. The van der Waals surface area contributed by atoms with Gasteiger partial charge in [-0.15, -0.1) is 0 Å². The fourth-order valence-corrected chi connectivity index (χ4v) is 28.6. The number of amides is 8. The van der Waals surface area contributed by atoms with E-state index in [1.807, 2.05) is 114 Å². The molecule has 0 radical (unpaired) electrons. The molecule has 772 valence electrons. The number of nitrogens with zero attached hydrogens (tertiary/aromatic N) is 4. The van der Waals surface area contributed by atoms with Gasteiger partial charge >= 0.3 is 78.6 Å². The van der Waals surface area contributed by atoms with Gasteiger partial charge in [-0.3, -0.25) is 24.0 Å². The van der Waals surface area contributed by atoms with Gasteiger partial charge in [0.25, 0.3) is 0 Å². The maximum atomic E-state index is 13.0. The molecule has 6 N–H and O–H groups in total. The normalized spacial score (nSPS) is 36.8. The van der Waals surface area contributed by atoms with Gasteiger partial charge in [0.1, 0.15) is 72.8 Å². The lowest BCUT2D eigenvalue weighted by atomic mass is 9.50. The number of alkyl carbamates (subject to hydrolysis) is 2. The Morgan fingerprint density at radius 1 is 0.270 bits per heavy atom. The van der Waals surface area contributed by atoms with Gasteiger partial charge in [0.05, 0.1) is 27.1 Å². The Labute approximate surface area is 810 Å². The van der Waals surface area contributed by atoms with Crippen LogP contribution < -0.4 is 22.1 Å². The molecule has 8 amide bonds. The SMILES string of the molecule is CCC(C)(C)C(=O)OC12CC3CC(CC(OC(=O)N4CCCC4)(C3)C1)C2.CCC(C)(C)C(=O)OC12CC3CC(CC(OC(=O)N4CCCCC4)(C3)C1)C2.CCC(C)(C)C(=O)OC12CC3CC(OC(=O)N(C)C)(CC(OC(=O)N(C)C)(C3)C1)C2.CCC(C)(C)C(=O)OC12CC3CC(OC(=O)NC)(CC(OC(=O)NC)(C3)C1)C2.CCC(C)(C)C(=O)OC12CC3CC(OC(N)=O)(CC(OC(N)=O)(C3)C1)C2. The van der Waals surface area contributed by atoms with E-state index in [9.17, 15) is 62.3 Å². The lowest BCUT2D eigenvalue weighted by Gasteiger charge is -2.64. The van der Waals surface area contributed by atoms with E-state index in [-0.39, 0.29) is 59.8 Å². The number of hydrogen-bond donors (Lipinski definition) is 4. The van der Waals surface area contributed by atoms with Crippen LogP contribution in [0.15, 0.2) is 0 Å². The second-order valence-corrected chi connectivity index (χ2v) is 49.6. The van der Waals surface area contributed by atoms with Crippen molar-refractivity contribution in [1.82, 2.24) is 30.2 Å². The predicted molar refractivity (Wildman–Crippen MR) is 501 cm³/mol. The molecule has 22 fully saturated rings. The van der Waals surface area contributed by atoms with Crippen LogP contribution in [-0.2, 0) is 85.6 Å². The molecule has 22 aliphatic rings. The van der Waals surface area contributed by atoms with Gasteiger partial charge in [-0.25, -0.2) is 38.4 Å². The predicted octanol–water partition coefficient (Wildman–Crippen LogP) is 17.8. The van der Waals surface area contributed by atoms with E-state index >= 15 is 0 Å². The summed E-state index contributed by atoms with van der Waals surface area (Å²) in [5.41, 5.74) is -1.25. The molecule has 0 aromatic heterocycles. The quantitative estimate of drug-likeness (QED) is 0.0545. The molecule has 10 unspecified atom stereocenters. The fraction of sp³-hybridized carbons (Fsp3) is 0.874. The number of rotatable bonds is 23. The van der Waals surface area contributed by atoms with Crippen LogP contribution >= 0.6 is 0 Å². The highest BCUT2D eigenvalue weighted by atomic mass is 16.6. The highest BCUT2D eigenvalue weighted by molar-refractivity contribution is 5.80. The third-order valence-corrected chi connectivity index (χ3v) is 35.0. The average molecular weight is 1930 g/mol. The van der Waals surface area contributed by atoms with Crippen molar-refractivity contribution in [2.45, 2.75) is 434 Å². The van der Waals surface area contributed by atoms with Crippen molar-refractivity contribution in [3.63, 3.8) is 0 Å². The minimum absolute atomic E-state index is 0.0931. The van der Waals surface area contributed by atoms with E-state index in [2.05, 4.69) is 10.6 Å². The van der Waals surface area contributed by atoms with Crippen LogP contribution in [0.25, 0.3) is 0 Å². The summed E-state index contributed by atoms with van der Waals surface area (Å²) in [4.78, 5) is 168. The number of likely N-dealkylation sites (tertiary alicyclic amines) is 2. The van der Waals surface area contributed by atoms with E-state index < -0.39 is 136 Å². The Kier molecular flexibility index (Phi) is 29.7. The molecule has 2 heterocycles. The summed E-state index contributed by atoms with van der Waals surface area (Å²) in [5, 5.41) is 5.00. The van der Waals surface area contributed by atoms with E-state index in [0.29, 0.717) is 171 Å². The van der Waals surface area contributed by atoms with Crippen molar-refractivity contribution in [2.24, 2.45) is 80.0 Å². The molecule has 137 heavy (non-hydrogen) atoms. The Bertz CT molecular complexity index is 4410. The van der Waals surface area contributed by atoms with E-state index in [1.165, 1.54) is 43.2 Å². The van der Waals surface area contributed by atoms with Crippen LogP contribution in [0.3, 0.4) is 0 Å². The summed E-state index contributed by atoms with van der Waals surface area (Å²) in [6, 6.07) is 0. The van der Waals surface area contributed by atoms with Gasteiger partial charge in [0.15, 0.2) is 0 Å². The minimum Gasteiger partial charge on any atom is -0.458 e. The third-order valence-electron chi connectivity index (χ3n) is 35.0. The molecule has 0 spiro atoms. The van der Waals surface area contributed by atoms with Gasteiger partial charge in [0, 0.05) is 139 Å². The number of primary amides is 2. The molecular formula is C103H164N8O26. The van der Waals surface area contributed by atoms with E-state index in [4.69, 9.17) is 73.0 Å². The molecule has 20 saturated carbocycles. The van der Waals surface area contributed by atoms with Crippen molar-refractivity contribution in [1.29, 1.82) is 0 Å². The maximum absolute atomic E-state index is 13.0. The number of piperidine rings is 1. The van der Waals surface area contributed by atoms with Crippen LogP contribution in [-0.4, -0.2) is 239 Å². The molecule has 22 rings (SSSR count). The highest BCUT2D eigenvalue weighted by Gasteiger charge is 2.74. The number of carbonyl (C=O) groups is 13. The van der Waals surface area contributed by atoms with Crippen LogP contribution in [0.2, 0.25) is 0 Å². The summed E-state index contributed by atoms with van der Waals surface area (Å²) < 4.78 is 77.7. The van der Waals surface area contributed by atoms with Gasteiger partial charge in [-0.05, 0) is 297 Å². The van der Waals surface area contributed by atoms with Crippen LogP contribution in [0.1, 0.15) is 361 Å². The zero-order chi connectivity index (χ0) is 101. The Morgan fingerprint density at radius 3 is 0.664 bits per heavy atom. The monoisotopic (exact) mass is 1930 g/mol. The molecule has 20 aliphatic carbocycles. The molecule has 2 saturated heterocycles.